The average Bonchev–Trinajstić information content (AvgIpc) is 3.26. The van der Waals surface area contributed by atoms with Gasteiger partial charge in [0, 0.05) is 42.4 Å². The SMILES string of the molecule is CCCN(CCN(C)C)c1ccc(CNC2CC2)c(Br)c1. The van der Waals surface area contributed by atoms with Gasteiger partial charge in [-0.2, -0.15) is 0 Å². The fraction of sp³-hybridized carbons (Fsp3) is 0.647. The third-order valence-corrected chi connectivity index (χ3v) is 4.61. The molecule has 1 aromatic rings. The number of nitrogens with one attached hydrogen (secondary N) is 1. The zero-order valence-corrected chi connectivity index (χ0v) is 15.1. The van der Waals surface area contributed by atoms with E-state index in [-0.39, 0.29) is 0 Å². The van der Waals surface area contributed by atoms with Gasteiger partial charge in [0.15, 0.2) is 0 Å². The first-order chi connectivity index (χ1) is 10.1. The second-order valence-corrected chi connectivity index (χ2v) is 7.08. The second-order valence-electron chi connectivity index (χ2n) is 6.22. The lowest BCUT2D eigenvalue weighted by Crippen LogP contribution is -2.32. The topological polar surface area (TPSA) is 18.5 Å². The zero-order chi connectivity index (χ0) is 15.2. The number of likely N-dealkylation sites (N-methyl/N-ethyl adjacent to an activating group) is 1. The first-order valence-electron chi connectivity index (χ1n) is 8.01. The molecule has 0 amide bonds. The molecule has 4 heteroatoms. The number of rotatable bonds is 9. The van der Waals surface area contributed by atoms with E-state index in [9.17, 15) is 0 Å². The number of halogens is 1. The molecular formula is C17H28BrN3. The van der Waals surface area contributed by atoms with Gasteiger partial charge in [-0.1, -0.05) is 28.9 Å². The number of benzene rings is 1. The van der Waals surface area contributed by atoms with Crippen LogP contribution in [0.4, 0.5) is 5.69 Å². The Morgan fingerprint density at radius 1 is 1.19 bits per heavy atom. The molecule has 1 aliphatic carbocycles. The van der Waals surface area contributed by atoms with E-state index in [4.69, 9.17) is 0 Å². The largest absolute Gasteiger partial charge is 0.370 e. The summed E-state index contributed by atoms with van der Waals surface area (Å²) >= 11 is 3.74. The molecule has 1 saturated carbocycles. The van der Waals surface area contributed by atoms with Gasteiger partial charge in [0.2, 0.25) is 0 Å². The van der Waals surface area contributed by atoms with Gasteiger partial charge in [0.1, 0.15) is 0 Å². The highest BCUT2D eigenvalue weighted by Crippen LogP contribution is 2.26. The Labute approximate surface area is 137 Å². The van der Waals surface area contributed by atoms with Gasteiger partial charge in [-0.3, -0.25) is 0 Å². The average molecular weight is 354 g/mol. The summed E-state index contributed by atoms with van der Waals surface area (Å²) < 4.78 is 1.22. The van der Waals surface area contributed by atoms with E-state index in [0.717, 1.165) is 32.2 Å². The van der Waals surface area contributed by atoms with Gasteiger partial charge in [-0.05, 0) is 51.1 Å². The molecule has 0 spiro atoms. The summed E-state index contributed by atoms with van der Waals surface area (Å²) in [5.74, 6) is 0. The molecule has 0 radical (unpaired) electrons. The molecule has 0 bridgehead atoms. The number of nitrogens with zero attached hydrogens (tertiary/aromatic N) is 2. The maximum atomic E-state index is 3.74. The summed E-state index contributed by atoms with van der Waals surface area (Å²) in [6.07, 6.45) is 3.85. The summed E-state index contributed by atoms with van der Waals surface area (Å²) in [6, 6.07) is 7.55. The second kappa shape index (κ2) is 8.16. The summed E-state index contributed by atoms with van der Waals surface area (Å²) in [5, 5.41) is 3.58. The van der Waals surface area contributed by atoms with Crippen LogP contribution in [0.1, 0.15) is 31.7 Å². The van der Waals surface area contributed by atoms with Crippen molar-refractivity contribution in [1.82, 2.24) is 10.2 Å². The van der Waals surface area contributed by atoms with E-state index in [0.29, 0.717) is 0 Å². The summed E-state index contributed by atoms with van der Waals surface area (Å²) in [7, 11) is 4.26. The highest BCUT2D eigenvalue weighted by Gasteiger charge is 2.20. The van der Waals surface area contributed by atoms with E-state index in [1.54, 1.807) is 0 Å². The molecule has 3 nitrogen and oxygen atoms in total. The predicted molar refractivity (Wildman–Crippen MR) is 95.1 cm³/mol. The number of anilines is 1. The van der Waals surface area contributed by atoms with E-state index in [2.05, 4.69) is 70.3 Å². The molecule has 21 heavy (non-hydrogen) atoms. The van der Waals surface area contributed by atoms with Crippen LogP contribution in [0.15, 0.2) is 22.7 Å². The van der Waals surface area contributed by atoms with Crippen LogP contribution in [0, 0.1) is 0 Å². The Morgan fingerprint density at radius 2 is 1.95 bits per heavy atom. The van der Waals surface area contributed by atoms with Gasteiger partial charge < -0.3 is 15.1 Å². The summed E-state index contributed by atoms with van der Waals surface area (Å²) in [4.78, 5) is 4.72. The number of hydrogen-bond acceptors (Lipinski definition) is 3. The molecule has 1 aromatic carbocycles. The van der Waals surface area contributed by atoms with Crippen LogP contribution in [0.25, 0.3) is 0 Å². The fourth-order valence-corrected chi connectivity index (χ4v) is 2.89. The lowest BCUT2D eigenvalue weighted by atomic mass is 10.2. The fourth-order valence-electron chi connectivity index (χ4n) is 2.38. The van der Waals surface area contributed by atoms with Gasteiger partial charge in [-0.15, -0.1) is 0 Å². The molecule has 0 unspecified atom stereocenters. The maximum absolute atomic E-state index is 3.74. The van der Waals surface area contributed by atoms with Crippen LogP contribution in [0.2, 0.25) is 0 Å². The molecule has 0 saturated heterocycles. The van der Waals surface area contributed by atoms with Gasteiger partial charge in [-0.25, -0.2) is 0 Å². The van der Waals surface area contributed by atoms with Crippen molar-refractivity contribution < 1.29 is 0 Å². The Morgan fingerprint density at radius 3 is 2.52 bits per heavy atom. The Kier molecular flexibility index (Phi) is 6.52. The van der Waals surface area contributed by atoms with Crippen molar-refractivity contribution in [3.8, 4) is 0 Å². The molecule has 0 atom stereocenters. The van der Waals surface area contributed by atoms with E-state index in [1.807, 2.05) is 0 Å². The minimum absolute atomic E-state index is 0.758. The highest BCUT2D eigenvalue weighted by molar-refractivity contribution is 9.10. The van der Waals surface area contributed by atoms with Crippen LogP contribution in [-0.4, -0.2) is 44.7 Å². The van der Waals surface area contributed by atoms with Crippen LogP contribution >= 0.6 is 15.9 Å². The lowest BCUT2D eigenvalue weighted by Gasteiger charge is -2.26. The molecule has 1 fully saturated rings. The Balaban J connectivity index is 1.99. The lowest BCUT2D eigenvalue weighted by molar-refractivity contribution is 0.413. The smallest absolute Gasteiger partial charge is 0.0378 e. The normalized spacial score (nSPS) is 14.7. The predicted octanol–water partition coefficient (Wildman–Crippen LogP) is 3.48. The summed E-state index contributed by atoms with van der Waals surface area (Å²) in [5.41, 5.74) is 2.68. The molecular weight excluding hydrogens is 326 g/mol. The van der Waals surface area contributed by atoms with Crippen molar-refractivity contribution in [1.29, 1.82) is 0 Å². The minimum Gasteiger partial charge on any atom is -0.370 e. The van der Waals surface area contributed by atoms with E-state index >= 15 is 0 Å². The van der Waals surface area contributed by atoms with Gasteiger partial charge in [0.25, 0.3) is 0 Å². The van der Waals surface area contributed by atoms with Crippen LogP contribution in [-0.2, 0) is 6.54 Å². The van der Waals surface area contributed by atoms with E-state index in [1.165, 1.54) is 35.0 Å². The van der Waals surface area contributed by atoms with Crippen molar-refractivity contribution in [2.45, 2.75) is 38.8 Å². The van der Waals surface area contributed by atoms with Crippen molar-refractivity contribution in [3.05, 3.63) is 28.2 Å². The minimum atomic E-state index is 0.758. The molecule has 0 heterocycles. The summed E-state index contributed by atoms with van der Waals surface area (Å²) in [6.45, 7) is 6.48. The first kappa shape index (κ1) is 16.8. The van der Waals surface area contributed by atoms with Crippen LogP contribution in [0.5, 0.6) is 0 Å². The Bertz CT molecular complexity index is 444. The first-order valence-corrected chi connectivity index (χ1v) is 8.81. The molecule has 1 N–H and O–H groups in total. The third-order valence-electron chi connectivity index (χ3n) is 3.87. The Hall–Kier alpha value is -0.580. The highest BCUT2D eigenvalue weighted by atomic mass is 79.9. The quantitative estimate of drug-likeness (QED) is 0.733. The standard InChI is InChI=1S/C17H28BrN3/c1-4-9-21(11-10-20(2)3)16-8-5-14(17(18)12-16)13-19-15-6-7-15/h5,8,12,15,19H,4,6-7,9-11,13H2,1-3H3. The van der Waals surface area contributed by atoms with Crippen molar-refractivity contribution in [3.63, 3.8) is 0 Å². The van der Waals surface area contributed by atoms with Crippen molar-refractivity contribution in [2.24, 2.45) is 0 Å². The van der Waals surface area contributed by atoms with Gasteiger partial charge in [0.05, 0.1) is 0 Å². The molecule has 0 aliphatic heterocycles. The molecule has 118 valence electrons. The van der Waals surface area contributed by atoms with Crippen LogP contribution < -0.4 is 10.2 Å². The van der Waals surface area contributed by atoms with Gasteiger partial charge >= 0.3 is 0 Å². The number of hydrogen-bond donors (Lipinski definition) is 1. The van der Waals surface area contributed by atoms with E-state index < -0.39 is 0 Å². The van der Waals surface area contributed by atoms with Crippen molar-refractivity contribution in [2.75, 3.05) is 38.6 Å². The zero-order valence-electron chi connectivity index (χ0n) is 13.5. The molecule has 1 aliphatic rings. The molecule has 0 aromatic heterocycles. The van der Waals surface area contributed by atoms with Crippen LogP contribution in [0.3, 0.4) is 0 Å². The maximum Gasteiger partial charge on any atom is 0.0378 e. The third kappa shape index (κ3) is 5.61. The monoisotopic (exact) mass is 353 g/mol. The molecule has 2 rings (SSSR count). The van der Waals surface area contributed by atoms with Crippen molar-refractivity contribution >= 4 is 21.6 Å².